The summed E-state index contributed by atoms with van der Waals surface area (Å²) in [4.78, 5) is 29.5. The Labute approximate surface area is 151 Å². The number of pyridine rings is 1. The molecule has 26 heavy (non-hydrogen) atoms. The molecule has 8 heteroatoms. The number of hydrogen-bond acceptors (Lipinski definition) is 7. The summed E-state index contributed by atoms with van der Waals surface area (Å²) in [5.41, 5.74) is 0.806. The molecule has 4 heterocycles. The molecule has 0 amide bonds. The van der Waals surface area contributed by atoms with Crippen LogP contribution in [0, 0.1) is 6.92 Å². The van der Waals surface area contributed by atoms with Crippen molar-refractivity contribution in [3.63, 3.8) is 0 Å². The van der Waals surface area contributed by atoms with Crippen molar-refractivity contribution in [2.24, 2.45) is 0 Å². The van der Waals surface area contributed by atoms with Gasteiger partial charge in [-0.25, -0.2) is 14.6 Å². The van der Waals surface area contributed by atoms with Crippen molar-refractivity contribution in [1.82, 2.24) is 24.7 Å². The maximum Gasteiger partial charge on any atom is 0.266 e. The lowest BCUT2D eigenvalue weighted by molar-refractivity contribution is 0.587. The topological polar surface area (TPSA) is 80.0 Å². The van der Waals surface area contributed by atoms with Gasteiger partial charge >= 0.3 is 0 Å². The molecule has 8 nitrogen and oxygen atoms in total. The van der Waals surface area contributed by atoms with Gasteiger partial charge in [-0.05, 0) is 26.0 Å². The lowest BCUT2D eigenvalue weighted by Crippen LogP contribution is -2.47. The normalized spacial score (nSPS) is 14.8. The first kappa shape index (κ1) is 16.4. The van der Waals surface area contributed by atoms with E-state index in [0.717, 1.165) is 54.5 Å². The Kier molecular flexibility index (Phi) is 4.24. The van der Waals surface area contributed by atoms with Gasteiger partial charge in [0.15, 0.2) is 0 Å². The molecule has 1 aliphatic heterocycles. The first-order valence-corrected chi connectivity index (χ1v) is 8.82. The number of fused-ring (bicyclic) bond motifs is 1. The highest BCUT2D eigenvalue weighted by atomic mass is 16.1. The second-order valence-electron chi connectivity index (χ2n) is 6.31. The van der Waals surface area contributed by atoms with Gasteiger partial charge in [-0.1, -0.05) is 0 Å². The van der Waals surface area contributed by atoms with Crippen molar-refractivity contribution in [1.29, 1.82) is 0 Å². The van der Waals surface area contributed by atoms with Gasteiger partial charge in [-0.2, -0.15) is 5.10 Å². The third kappa shape index (κ3) is 2.98. The standard InChI is InChI=1S/C18H21N7O/c1-3-25-17(26)5-4-16(22-25)23-8-10-24(11-9-23)18-14-6-7-19-12-15(14)20-13(2)21-18/h4-7,12H,3,8-11H2,1-2H3. The van der Waals surface area contributed by atoms with Crippen molar-refractivity contribution in [2.45, 2.75) is 20.4 Å². The van der Waals surface area contributed by atoms with Gasteiger partial charge in [-0.3, -0.25) is 9.78 Å². The summed E-state index contributed by atoms with van der Waals surface area (Å²) in [5.74, 6) is 2.56. The van der Waals surface area contributed by atoms with E-state index in [1.54, 1.807) is 24.5 Å². The van der Waals surface area contributed by atoms with Crippen LogP contribution in [-0.4, -0.2) is 50.9 Å². The largest absolute Gasteiger partial charge is 0.352 e. The minimum Gasteiger partial charge on any atom is -0.352 e. The fraction of sp³-hybridized carbons (Fsp3) is 0.389. The summed E-state index contributed by atoms with van der Waals surface area (Å²) >= 11 is 0. The van der Waals surface area contributed by atoms with Crippen LogP contribution in [0.3, 0.4) is 0 Å². The van der Waals surface area contributed by atoms with E-state index in [2.05, 4.69) is 29.9 Å². The van der Waals surface area contributed by atoms with Crippen molar-refractivity contribution in [3.05, 3.63) is 46.8 Å². The summed E-state index contributed by atoms with van der Waals surface area (Å²) in [7, 11) is 0. The third-order valence-electron chi connectivity index (χ3n) is 4.65. The average molecular weight is 351 g/mol. The number of aryl methyl sites for hydroxylation is 2. The fourth-order valence-electron chi connectivity index (χ4n) is 3.30. The lowest BCUT2D eigenvalue weighted by atomic mass is 10.2. The highest BCUT2D eigenvalue weighted by molar-refractivity contribution is 5.88. The molecule has 0 N–H and O–H groups in total. The zero-order valence-electron chi connectivity index (χ0n) is 15.0. The summed E-state index contributed by atoms with van der Waals surface area (Å²) in [5, 5.41) is 5.48. The molecule has 0 bridgehead atoms. The molecule has 0 unspecified atom stereocenters. The molecule has 3 aromatic rings. The molecule has 134 valence electrons. The van der Waals surface area contributed by atoms with E-state index < -0.39 is 0 Å². The monoisotopic (exact) mass is 351 g/mol. The molecule has 0 aromatic carbocycles. The highest BCUT2D eigenvalue weighted by Gasteiger charge is 2.21. The minimum atomic E-state index is -0.0635. The SMILES string of the molecule is CCn1nc(N2CCN(c3nc(C)nc4cnccc34)CC2)ccc1=O. The zero-order valence-corrected chi connectivity index (χ0v) is 15.0. The predicted octanol–water partition coefficient (Wildman–Crippen LogP) is 1.24. The Morgan fingerprint density at radius 3 is 2.58 bits per heavy atom. The van der Waals surface area contributed by atoms with Crippen molar-refractivity contribution in [2.75, 3.05) is 36.0 Å². The third-order valence-corrected chi connectivity index (χ3v) is 4.65. The number of rotatable bonds is 3. The maximum atomic E-state index is 11.7. The van der Waals surface area contributed by atoms with Crippen LogP contribution in [0.15, 0.2) is 35.4 Å². The first-order chi connectivity index (χ1) is 12.7. The van der Waals surface area contributed by atoms with E-state index in [0.29, 0.717) is 6.54 Å². The Bertz CT molecular complexity index is 992. The van der Waals surface area contributed by atoms with Crippen LogP contribution in [0.2, 0.25) is 0 Å². The second-order valence-corrected chi connectivity index (χ2v) is 6.31. The average Bonchev–Trinajstić information content (AvgIpc) is 2.68. The van der Waals surface area contributed by atoms with E-state index in [-0.39, 0.29) is 5.56 Å². The summed E-state index contributed by atoms with van der Waals surface area (Å²) in [6.45, 7) is 7.72. The number of hydrogen-bond donors (Lipinski definition) is 0. The molecule has 0 aliphatic carbocycles. The van der Waals surface area contributed by atoms with E-state index >= 15 is 0 Å². The molecule has 1 aliphatic rings. The van der Waals surface area contributed by atoms with Crippen molar-refractivity contribution in [3.8, 4) is 0 Å². The Balaban J connectivity index is 1.57. The minimum absolute atomic E-state index is 0.0635. The van der Waals surface area contributed by atoms with Crippen LogP contribution in [0.5, 0.6) is 0 Å². The Morgan fingerprint density at radius 1 is 1.04 bits per heavy atom. The van der Waals surface area contributed by atoms with Gasteiger partial charge < -0.3 is 9.80 Å². The Hall–Kier alpha value is -3.03. The number of anilines is 2. The smallest absolute Gasteiger partial charge is 0.266 e. The van der Waals surface area contributed by atoms with Crippen LogP contribution in [-0.2, 0) is 6.54 Å². The quantitative estimate of drug-likeness (QED) is 0.702. The van der Waals surface area contributed by atoms with Gasteiger partial charge in [0.1, 0.15) is 17.5 Å². The first-order valence-electron chi connectivity index (χ1n) is 8.82. The molecular formula is C18H21N7O. The molecule has 1 saturated heterocycles. The fourth-order valence-corrected chi connectivity index (χ4v) is 3.30. The van der Waals surface area contributed by atoms with Gasteiger partial charge in [0.2, 0.25) is 0 Å². The molecule has 0 spiro atoms. The molecular weight excluding hydrogens is 330 g/mol. The summed E-state index contributed by atoms with van der Waals surface area (Å²) < 4.78 is 1.50. The van der Waals surface area contributed by atoms with Crippen LogP contribution in [0.4, 0.5) is 11.6 Å². The number of nitrogens with zero attached hydrogens (tertiary/aromatic N) is 7. The van der Waals surface area contributed by atoms with E-state index in [4.69, 9.17) is 0 Å². The van der Waals surface area contributed by atoms with Crippen molar-refractivity contribution >= 4 is 22.5 Å². The molecule has 4 rings (SSSR count). The zero-order chi connectivity index (χ0) is 18.1. The molecule has 0 saturated carbocycles. The van der Waals surface area contributed by atoms with Crippen LogP contribution < -0.4 is 15.4 Å². The molecule has 0 radical (unpaired) electrons. The lowest BCUT2D eigenvalue weighted by Gasteiger charge is -2.36. The maximum absolute atomic E-state index is 11.7. The van der Waals surface area contributed by atoms with Gasteiger partial charge in [0.25, 0.3) is 5.56 Å². The molecule has 1 fully saturated rings. The van der Waals surface area contributed by atoms with E-state index in [9.17, 15) is 4.79 Å². The predicted molar refractivity (Wildman–Crippen MR) is 101 cm³/mol. The van der Waals surface area contributed by atoms with Crippen molar-refractivity contribution < 1.29 is 0 Å². The van der Waals surface area contributed by atoms with Gasteiger partial charge in [0.05, 0.1) is 11.7 Å². The van der Waals surface area contributed by atoms with Gasteiger partial charge in [0, 0.05) is 50.4 Å². The van der Waals surface area contributed by atoms with Crippen LogP contribution >= 0.6 is 0 Å². The summed E-state index contributed by atoms with van der Waals surface area (Å²) in [6, 6.07) is 5.36. The van der Waals surface area contributed by atoms with E-state index in [1.807, 2.05) is 19.9 Å². The van der Waals surface area contributed by atoms with Crippen LogP contribution in [0.25, 0.3) is 10.9 Å². The second kappa shape index (κ2) is 6.70. The highest BCUT2D eigenvalue weighted by Crippen LogP contribution is 2.24. The molecule has 0 atom stereocenters. The number of aromatic nitrogens is 5. The summed E-state index contributed by atoms with van der Waals surface area (Å²) in [6.07, 6.45) is 3.56. The Morgan fingerprint density at radius 2 is 1.81 bits per heavy atom. The molecule has 3 aromatic heterocycles. The van der Waals surface area contributed by atoms with E-state index in [1.165, 1.54) is 4.68 Å². The number of piperazine rings is 1. The van der Waals surface area contributed by atoms with Gasteiger partial charge in [-0.15, -0.1) is 0 Å². The van der Waals surface area contributed by atoms with Crippen LogP contribution in [0.1, 0.15) is 12.7 Å².